The van der Waals surface area contributed by atoms with Crippen molar-refractivity contribution < 1.29 is 13.5 Å². The molecule has 1 heterocycles. The van der Waals surface area contributed by atoms with Crippen molar-refractivity contribution >= 4 is 29.9 Å². The molecule has 8 heteroatoms. The Labute approximate surface area is 162 Å². The van der Waals surface area contributed by atoms with E-state index in [1.807, 2.05) is 25.1 Å². The van der Waals surface area contributed by atoms with Crippen molar-refractivity contribution in [3.05, 3.63) is 59.4 Å². The van der Waals surface area contributed by atoms with Gasteiger partial charge in [0.1, 0.15) is 5.75 Å². The second-order valence-corrected chi connectivity index (χ2v) is 5.04. The minimum atomic E-state index is -2.85. The average Bonchev–Trinajstić information content (AvgIpc) is 2.56. The van der Waals surface area contributed by atoms with Crippen LogP contribution in [0.15, 0.2) is 47.5 Å². The van der Waals surface area contributed by atoms with Crippen LogP contribution in [0.5, 0.6) is 5.75 Å². The van der Waals surface area contributed by atoms with Gasteiger partial charge in [0.25, 0.3) is 0 Å². The Hall–Kier alpha value is -1.97. The van der Waals surface area contributed by atoms with Crippen LogP contribution in [0.25, 0.3) is 0 Å². The van der Waals surface area contributed by atoms with Crippen molar-refractivity contribution in [2.45, 2.75) is 26.6 Å². The third-order valence-corrected chi connectivity index (χ3v) is 3.24. The summed E-state index contributed by atoms with van der Waals surface area (Å²) in [6, 6.07) is 12.4. The number of alkyl halides is 2. The molecule has 2 rings (SSSR count). The molecule has 0 amide bonds. The molecule has 0 aliphatic rings. The molecule has 0 saturated heterocycles. The van der Waals surface area contributed by atoms with Crippen molar-refractivity contribution in [3.8, 4) is 5.75 Å². The van der Waals surface area contributed by atoms with Gasteiger partial charge in [0.15, 0.2) is 5.96 Å². The van der Waals surface area contributed by atoms with E-state index in [2.05, 4.69) is 25.3 Å². The van der Waals surface area contributed by atoms with Gasteiger partial charge in [-0.15, -0.1) is 24.0 Å². The highest BCUT2D eigenvalue weighted by atomic mass is 127. The summed E-state index contributed by atoms with van der Waals surface area (Å²) >= 11 is 0. The fourth-order valence-electron chi connectivity index (χ4n) is 2.13. The number of pyridine rings is 1. The summed E-state index contributed by atoms with van der Waals surface area (Å²) in [7, 11) is 1.64. The molecule has 0 aliphatic carbocycles. The van der Waals surface area contributed by atoms with Crippen LogP contribution in [-0.4, -0.2) is 24.6 Å². The minimum Gasteiger partial charge on any atom is -0.434 e. The Morgan fingerprint density at radius 2 is 1.84 bits per heavy atom. The van der Waals surface area contributed by atoms with Gasteiger partial charge in [-0.1, -0.05) is 24.3 Å². The van der Waals surface area contributed by atoms with Gasteiger partial charge < -0.3 is 15.4 Å². The fourth-order valence-corrected chi connectivity index (χ4v) is 2.13. The standard InChI is InChI=1S/C17H20F2N4O.HI/c1-12-6-5-8-14(23-12)11-22-17(20-2)21-10-13-7-3-4-9-15(13)24-16(18)19;/h3-9,16H,10-11H2,1-2H3,(H2,20,21,22);1H. The minimum absolute atomic E-state index is 0. The lowest BCUT2D eigenvalue weighted by Crippen LogP contribution is -2.36. The molecule has 1 aromatic carbocycles. The number of ether oxygens (including phenoxy) is 1. The number of aliphatic imine (C=N–C) groups is 1. The van der Waals surface area contributed by atoms with Crippen LogP contribution in [0.3, 0.4) is 0 Å². The van der Waals surface area contributed by atoms with E-state index < -0.39 is 6.61 Å². The molecule has 25 heavy (non-hydrogen) atoms. The zero-order chi connectivity index (χ0) is 17.4. The van der Waals surface area contributed by atoms with E-state index in [9.17, 15) is 8.78 Å². The smallest absolute Gasteiger partial charge is 0.387 e. The van der Waals surface area contributed by atoms with Crippen molar-refractivity contribution in [1.29, 1.82) is 0 Å². The molecule has 2 aromatic rings. The Balaban J connectivity index is 0.00000312. The Kier molecular flexibility index (Phi) is 9.11. The van der Waals surface area contributed by atoms with Crippen molar-refractivity contribution in [3.63, 3.8) is 0 Å². The SMILES string of the molecule is CN=C(NCc1cccc(C)n1)NCc1ccccc1OC(F)F.I. The van der Waals surface area contributed by atoms with Gasteiger partial charge in [0, 0.05) is 24.8 Å². The zero-order valence-corrected chi connectivity index (χ0v) is 16.3. The van der Waals surface area contributed by atoms with Crippen LogP contribution in [0.2, 0.25) is 0 Å². The van der Waals surface area contributed by atoms with Gasteiger partial charge in [-0.05, 0) is 25.1 Å². The van der Waals surface area contributed by atoms with Crippen molar-refractivity contribution in [2.24, 2.45) is 4.99 Å². The number of guanidine groups is 1. The molecule has 2 N–H and O–H groups in total. The molecule has 0 aliphatic heterocycles. The predicted molar refractivity (Wildman–Crippen MR) is 105 cm³/mol. The summed E-state index contributed by atoms with van der Waals surface area (Å²) in [5, 5.41) is 6.20. The predicted octanol–water partition coefficient (Wildman–Crippen LogP) is 3.47. The number of aryl methyl sites for hydroxylation is 1. The Morgan fingerprint density at radius 1 is 1.12 bits per heavy atom. The molecular weight excluding hydrogens is 441 g/mol. The van der Waals surface area contributed by atoms with Crippen LogP contribution in [-0.2, 0) is 13.1 Å². The van der Waals surface area contributed by atoms with Gasteiger partial charge in [-0.2, -0.15) is 8.78 Å². The lowest BCUT2D eigenvalue weighted by molar-refractivity contribution is -0.0504. The number of hydrogen-bond acceptors (Lipinski definition) is 3. The first-order chi connectivity index (χ1) is 11.6. The largest absolute Gasteiger partial charge is 0.434 e. The summed E-state index contributed by atoms with van der Waals surface area (Å²) in [6.45, 7) is -0.104. The highest BCUT2D eigenvalue weighted by Crippen LogP contribution is 2.19. The van der Waals surface area contributed by atoms with Crippen molar-refractivity contribution in [1.82, 2.24) is 15.6 Å². The molecule has 0 atom stereocenters. The van der Waals surface area contributed by atoms with Gasteiger partial charge in [-0.3, -0.25) is 9.98 Å². The zero-order valence-electron chi connectivity index (χ0n) is 14.0. The van der Waals surface area contributed by atoms with Crippen LogP contribution in [0.1, 0.15) is 17.0 Å². The molecule has 5 nitrogen and oxygen atoms in total. The molecule has 0 fully saturated rings. The maximum atomic E-state index is 12.4. The Morgan fingerprint density at radius 3 is 2.52 bits per heavy atom. The highest BCUT2D eigenvalue weighted by Gasteiger charge is 2.09. The number of hydrogen-bond donors (Lipinski definition) is 2. The maximum absolute atomic E-state index is 12.4. The Bertz CT molecular complexity index is 698. The second-order valence-electron chi connectivity index (χ2n) is 5.04. The normalized spacial score (nSPS) is 11.0. The van der Waals surface area contributed by atoms with Crippen LogP contribution in [0.4, 0.5) is 8.78 Å². The van der Waals surface area contributed by atoms with E-state index in [0.29, 0.717) is 24.6 Å². The first-order valence-electron chi connectivity index (χ1n) is 7.48. The second kappa shape index (κ2) is 10.8. The number of nitrogens with one attached hydrogen (secondary N) is 2. The summed E-state index contributed by atoms with van der Waals surface area (Å²) in [4.78, 5) is 8.50. The summed E-state index contributed by atoms with van der Waals surface area (Å²) in [5.41, 5.74) is 2.45. The quantitative estimate of drug-likeness (QED) is 0.392. The van der Waals surface area contributed by atoms with Crippen LogP contribution >= 0.6 is 24.0 Å². The fraction of sp³-hybridized carbons (Fsp3) is 0.294. The first kappa shape index (κ1) is 21.1. The molecule has 1 aromatic heterocycles. The van der Waals surface area contributed by atoms with Gasteiger partial charge in [0.2, 0.25) is 0 Å². The number of para-hydroxylation sites is 1. The molecule has 136 valence electrons. The number of benzene rings is 1. The van der Waals surface area contributed by atoms with E-state index in [4.69, 9.17) is 0 Å². The van der Waals surface area contributed by atoms with E-state index in [0.717, 1.165) is 11.4 Å². The lowest BCUT2D eigenvalue weighted by Gasteiger charge is -2.14. The first-order valence-corrected chi connectivity index (χ1v) is 7.48. The molecule has 0 unspecified atom stereocenters. The molecule has 0 radical (unpaired) electrons. The molecular formula is C17H21F2IN4O. The molecule has 0 spiro atoms. The van der Waals surface area contributed by atoms with Gasteiger partial charge in [0.05, 0.1) is 12.2 Å². The third-order valence-electron chi connectivity index (χ3n) is 3.24. The number of nitrogens with zero attached hydrogens (tertiary/aromatic N) is 2. The molecule has 0 saturated carbocycles. The van der Waals surface area contributed by atoms with Crippen LogP contribution in [0, 0.1) is 6.92 Å². The number of rotatable bonds is 6. The lowest BCUT2D eigenvalue weighted by atomic mass is 10.2. The van der Waals surface area contributed by atoms with E-state index in [-0.39, 0.29) is 29.7 Å². The third kappa shape index (κ3) is 7.20. The monoisotopic (exact) mass is 462 g/mol. The van der Waals surface area contributed by atoms with Gasteiger partial charge >= 0.3 is 6.61 Å². The number of halogens is 3. The topological polar surface area (TPSA) is 58.5 Å². The molecule has 0 bridgehead atoms. The maximum Gasteiger partial charge on any atom is 0.387 e. The summed E-state index contributed by atoms with van der Waals surface area (Å²) < 4.78 is 29.4. The average molecular weight is 462 g/mol. The van der Waals surface area contributed by atoms with Crippen molar-refractivity contribution in [2.75, 3.05) is 7.05 Å². The van der Waals surface area contributed by atoms with E-state index in [1.165, 1.54) is 6.07 Å². The van der Waals surface area contributed by atoms with E-state index >= 15 is 0 Å². The van der Waals surface area contributed by atoms with E-state index in [1.54, 1.807) is 25.2 Å². The van der Waals surface area contributed by atoms with Gasteiger partial charge in [-0.25, -0.2) is 0 Å². The summed E-state index contributed by atoms with van der Waals surface area (Å²) in [5.74, 6) is 0.695. The summed E-state index contributed by atoms with van der Waals surface area (Å²) in [6.07, 6.45) is 0. The van der Waals surface area contributed by atoms with Crippen LogP contribution < -0.4 is 15.4 Å². The number of aromatic nitrogens is 1. The highest BCUT2D eigenvalue weighted by molar-refractivity contribution is 14.0.